The summed E-state index contributed by atoms with van der Waals surface area (Å²) in [6, 6.07) is 16.9. The van der Waals surface area contributed by atoms with Gasteiger partial charge >= 0.3 is 0 Å². The van der Waals surface area contributed by atoms with E-state index in [0.29, 0.717) is 0 Å². The molecule has 0 fully saturated rings. The monoisotopic (exact) mass is 303 g/mol. The number of hydrogen-bond donors (Lipinski definition) is 1. The molecule has 2 aromatic carbocycles. The number of aryl methyl sites for hydroxylation is 3. The Morgan fingerprint density at radius 2 is 1.87 bits per heavy atom. The molecule has 0 radical (unpaired) electrons. The highest BCUT2D eigenvalue weighted by atomic mass is 15.1. The van der Waals surface area contributed by atoms with Gasteiger partial charge in [0.25, 0.3) is 0 Å². The maximum atomic E-state index is 4.79. The normalized spacial score (nSPS) is 13.6. The number of aromatic nitrogens is 2. The zero-order valence-corrected chi connectivity index (χ0v) is 13.4. The van der Waals surface area contributed by atoms with E-state index in [9.17, 15) is 0 Å². The molecule has 0 unspecified atom stereocenters. The van der Waals surface area contributed by atoms with Crippen LogP contribution in [0.2, 0.25) is 0 Å². The van der Waals surface area contributed by atoms with Gasteiger partial charge in [0.2, 0.25) is 0 Å². The highest BCUT2D eigenvalue weighted by molar-refractivity contribution is 5.66. The Bertz CT molecular complexity index is 792. The van der Waals surface area contributed by atoms with Gasteiger partial charge in [-0.25, -0.2) is 4.98 Å². The number of imidazole rings is 1. The Morgan fingerprint density at radius 3 is 2.65 bits per heavy atom. The van der Waals surface area contributed by atoms with Gasteiger partial charge in [-0.3, -0.25) is 0 Å². The Labute approximate surface area is 137 Å². The maximum absolute atomic E-state index is 4.79. The number of nitrogens with zero attached hydrogens (tertiary/aromatic N) is 2. The first kappa shape index (κ1) is 14.1. The van der Waals surface area contributed by atoms with Crippen molar-refractivity contribution >= 4 is 11.4 Å². The van der Waals surface area contributed by atoms with E-state index in [0.717, 1.165) is 30.0 Å². The molecule has 0 saturated carbocycles. The molecule has 1 aliphatic heterocycles. The van der Waals surface area contributed by atoms with Crippen LogP contribution < -0.4 is 5.32 Å². The van der Waals surface area contributed by atoms with Crippen LogP contribution in [0.3, 0.4) is 0 Å². The molecule has 0 bridgehead atoms. The second-order valence-corrected chi connectivity index (χ2v) is 6.26. The van der Waals surface area contributed by atoms with E-state index in [1.165, 1.54) is 29.8 Å². The van der Waals surface area contributed by atoms with Crippen molar-refractivity contribution < 1.29 is 0 Å². The summed E-state index contributed by atoms with van der Waals surface area (Å²) in [6.07, 6.45) is 5.82. The molecule has 23 heavy (non-hydrogen) atoms. The molecular formula is C20H21N3. The lowest BCUT2D eigenvalue weighted by Gasteiger charge is -2.11. The number of benzene rings is 2. The van der Waals surface area contributed by atoms with Crippen LogP contribution in [0.5, 0.6) is 0 Å². The van der Waals surface area contributed by atoms with E-state index in [2.05, 4.69) is 71.5 Å². The van der Waals surface area contributed by atoms with Crippen LogP contribution in [0, 0.1) is 6.92 Å². The number of anilines is 2. The fourth-order valence-electron chi connectivity index (χ4n) is 3.17. The molecule has 1 N–H and O–H groups in total. The highest BCUT2D eigenvalue weighted by Crippen LogP contribution is 2.25. The van der Waals surface area contributed by atoms with Gasteiger partial charge in [-0.05, 0) is 49.6 Å². The Kier molecular flexibility index (Phi) is 3.62. The minimum atomic E-state index is 1.09. The molecule has 4 rings (SSSR count). The van der Waals surface area contributed by atoms with Crippen LogP contribution >= 0.6 is 0 Å². The summed E-state index contributed by atoms with van der Waals surface area (Å²) in [5.41, 5.74) is 5.75. The van der Waals surface area contributed by atoms with Gasteiger partial charge in [-0.15, -0.1) is 0 Å². The average Bonchev–Trinajstić information content (AvgIpc) is 2.99. The lowest BCUT2D eigenvalue weighted by molar-refractivity contribution is 0.522. The van der Waals surface area contributed by atoms with E-state index in [1.54, 1.807) is 0 Å². The first-order valence-corrected chi connectivity index (χ1v) is 8.28. The molecule has 1 aliphatic rings. The first-order chi connectivity index (χ1) is 11.3. The predicted octanol–water partition coefficient (Wildman–Crippen LogP) is 4.94. The van der Waals surface area contributed by atoms with Gasteiger partial charge in [0.1, 0.15) is 5.82 Å². The van der Waals surface area contributed by atoms with Crippen molar-refractivity contribution in [3.8, 4) is 11.3 Å². The van der Waals surface area contributed by atoms with Crippen molar-refractivity contribution in [3.05, 3.63) is 66.1 Å². The average molecular weight is 303 g/mol. The van der Waals surface area contributed by atoms with E-state index < -0.39 is 0 Å². The van der Waals surface area contributed by atoms with Gasteiger partial charge in [0.05, 0.1) is 5.69 Å². The molecule has 2 heterocycles. The van der Waals surface area contributed by atoms with Crippen LogP contribution in [0.15, 0.2) is 54.7 Å². The molecule has 0 amide bonds. The van der Waals surface area contributed by atoms with E-state index in [4.69, 9.17) is 4.98 Å². The number of rotatable bonds is 3. The van der Waals surface area contributed by atoms with E-state index >= 15 is 0 Å². The zero-order valence-electron chi connectivity index (χ0n) is 13.4. The molecule has 1 aromatic heterocycles. The molecule has 3 aromatic rings. The fraction of sp³-hybridized carbons (Fsp3) is 0.250. The van der Waals surface area contributed by atoms with Crippen molar-refractivity contribution in [2.45, 2.75) is 32.7 Å². The minimum Gasteiger partial charge on any atom is -0.356 e. The highest BCUT2D eigenvalue weighted by Gasteiger charge is 2.13. The number of fused-ring (bicyclic) bond motifs is 1. The first-order valence-electron chi connectivity index (χ1n) is 8.28. The van der Waals surface area contributed by atoms with Crippen LogP contribution in [-0.4, -0.2) is 9.55 Å². The minimum absolute atomic E-state index is 1.09. The second-order valence-electron chi connectivity index (χ2n) is 6.26. The molecule has 0 saturated heterocycles. The SMILES string of the molecule is Cc1cccc(Nc2ccc(-c3cn4c(n3)CCCC4)cc2)c1. The van der Waals surface area contributed by atoms with E-state index in [1.807, 2.05) is 0 Å². The third-order valence-corrected chi connectivity index (χ3v) is 4.40. The molecule has 0 spiro atoms. The van der Waals surface area contributed by atoms with Crippen molar-refractivity contribution in [1.29, 1.82) is 0 Å². The Morgan fingerprint density at radius 1 is 1.00 bits per heavy atom. The van der Waals surface area contributed by atoms with Gasteiger partial charge in [-0.1, -0.05) is 24.3 Å². The fourth-order valence-corrected chi connectivity index (χ4v) is 3.17. The molecule has 116 valence electrons. The molecule has 0 atom stereocenters. The lowest BCUT2D eigenvalue weighted by Crippen LogP contribution is -2.08. The van der Waals surface area contributed by atoms with Crippen LogP contribution in [-0.2, 0) is 13.0 Å². The van der Waals surface area contributed by atoms with Crippen LogP contribution in [0.25, 0.3) is 11.3 Å². The summed E-state index contributed by atoms with van der Waals surface area (Å²) in [7, 11) is 0. The summed E-state index contributed by atoms with van der Waals surface area (Å²) in [5.74, 6) is 1.23. The largest absolute Gasteiger partial charge is 0.356 e. The quantitative estimate of drug-likeness (QED) is 0.743. The predicted molar refractivity (Wildman–Crippen MR) is 95.1 cm³/mol. The zero-order chi connectivity index (χ0) is 15.6. The summed E-state index contributed by atoms with van der Waals surface area (Å²) < 4.78 is 2.30. The molecule has 3 nitrogen and oxygen atoms in total. The van der Waals surface area contributed by atoms with Crippen LogP contribution in [0.1, 0.15) is 24.2 Å². The lowest BCUT2D eigenvalue weighted by atomic mass is 10.1. The third-order valence-electron chi connectivity index (χ3n) is 4.40. The summed E-state index contributed by atoms with van der Waals surface area (Å²) in [6.45, 7) is 3.21. The summed E-state index contributed by atoms with van der Waals surface area (Å²) in [4.78, 5) is 4.79. The Balaban J connectivity index is 1.54. The molecule has 0 aliphatic carbocycles. The molecule has 3 heteroatoms. The van der Waals surface area contributed by atoms with E-state index in [-0.39, 0.29) is 0 Å². The smallest absolute Gasteiger partial charge is 0.109 e. The van der Waals surface area contributed by atoms with Gasteiger partial charge in [-0.2, -0.15) is 0 Å². The van der Waals surface area contributed by atoms with Crippen molar-refractivity contribution in [1.82, 2.24) is 9.55 Å². The maximum Gasteiger partial charge on any atom is 0.109 e. The van der Waals surface area contributed by atoms with Crippen molar-refractivity contribution in [2.24, 2.45) is 0 Å². The van der Waals surface area contributed by atoms with Crippen LogP contribution in [0.4, 0.5) is 11.4 Å². The van der Waals surface area contributed by atoms with Crippen molar-refractivity contribution in [3.63, 3.8) is 0 Å². The molecular weight excluding hydrogens is 282 g/mol. The van der Waals surface area contributed by atoms with Gasteiger partial charge in [0, 0.05) is 36.1 Å². The second kappa shape index (κ2) is 5.92. The number of nitrogens with one attached hydrogen (secondary N) is 1. The van der Waals surface area contributed by atoms with Gasteiger partial charge < -0.3 is 9.88 Å². The standard InChI is InChI=1S/C20H21N3/c1-15-5-4-6-18(13-15)21-17-10-8-16(9-11-17)19-14-23-12-3-2-7-20(23)22-19/h4-6,8-11,13-14,21H,2-3,7,12H2,1H3. The van der Waals surface area contributed by atoms with Gasteiger partial charge in [0.15, 0.2) is 0 Å². The van der Waals surface area contributed by atoms with Crippen molar-refractivity contribution in [2.75, 3.05) is 5.32 Å². The summed E-state index contributed by atoms with van der Waals surface area (Å²) in [5, 5.41) is 3.45. The Hall–Kier alpha value is -2.55. The topological polar surface area (TPSA) is 29.9 Å². The number of hydrogen-bond acceptors (Lipinski definition) is 2. The summed E-state index contributed by atoms with van der Waals surface area (Å²) >= 11 is 0. The third kappa shape index (κ3) is 3.00.